The molecule has 2 fully saturated rings. The van der Waals surface area contributed by atoms with Crippen LogP contribution >= 0.6 is 0 Å². The number of hydrogen-bond acceptors (Lipinski definition) is 4. The van der Waals surface area contributed by atoms with Gasteiger partial charge in [0.25, 0.3) is 5.91 Å². The minimum absolute atomic E-state index is 0.0437. The van der Waals surface area contributed by atoms with E-state index < -0.39 is 0 Å². The summed E-state index contributed by atoms with van der Waals surface area (Å²) in [5, 5.41) is 7.25. The minimum atomic E-state index is 0.0437. The molecule has 1 saturated carbocycles. The minimum Gasteiger partial charge on any atom is -0.342 e. The quantitative estimate of drug-likeness (QED) is 0.760. The van der Waals surface area contributed by atoms with Gasteiger partial charge >= 0.3 is 0 Å². The summed E-state index contributed by atoms with van der Waals surface area (Å²) in [5.74, 6) is 1.04. The van der Waals surface area contributed by atoms with Crippen LogP contribution in [0.15, 0.2) is 18.3 Å². The molecule has 4 heterocycles. The van der Waals surface area contributed by atoms with Gasteiger partial charge in [0.1, 0.15) is 11.2 Å². The van der Waals surface area contributed by atoms with Crippen LogP contribution in [0.4, 0.5) is 0 Å². The molecule has 1 aliphatic carbocycles. The van der Waals surface area contributed by atoms with Crippen molar-refractivity contribution >= 4 is 17.1 Å². The van der Waals surface area contributed by atoms with E-state index in [1.807, 2.05) is 17.9 Å². The van der Waals surface area contributed by atoms with E-state index in [1.165, 1.54) is 18.5 Å². The van der Waals surface area contributed by atoms with E-state index in [1.54, 1.807) is 6.20 Å². The van der Waals surface area contributed by atoms with Crippen molar-refractivity contribution < 1.29 is 4.79 Å². The van der Waals surface area contributed by atoms with E-state index in [2.05, 4.69) is 31.2 Å². The molecule has 0 spiro atoms. The summed E-state index contributed by atoms with van der Waals surface area (Å²) in [4.78, 5) is 27.0. The van der Waals surface area contributed by atoms with Crippen LogP contribution in [0.25, 0.3) is 11.2 Å². The number of nitrogens with zero attached hydrogens (tertiary/aromatic N) is 4. The highest BCUT2D eigenvalue weighted by Gasteiger charge is 2.29. The van der Waals surface area contributed by atoms with E-state index in [0.717, 1.165) is 48.5 Å². The second-order valence-corrected chi connectivity index (χ2v) is 7.52. The Morgan fingerprint density at radius 1 is 1.12 bits per heavy atom. The molecule has 0 bridgehead atoms. The summed E-state index contributed by atoms with van der Waals surface area (Å²) in [7, 11) is 0. The van der Waals surface area contributed by atoms with Gasteiger partial charge in [-0.05, 0) is 44.7 Å². The van der Waals surface area contributed by atoms with Gasteiger partial charge in [0.15, 0.2) is 5.65 Å². The van der Waals surface area contributed by atoms with Crippen LogP contribution in [0, 0.1) is 6.92 Å². The molecular formula is C19H22N6O. The topological polar surface area (TPSA) is 90.6 Å². The summed E-state index contributed by atoms with van der Waals surface area (Å²) < 4.78 is 0. The van der Waals surface area contributed by atoms with Gasteiger partial charge in [-0.3, -0.25) is 14.9 Å². The molecule has 134 valence electrons. The number of amides is 1. The number of carbonyl (C=O) groups excluding carboxylic acids is 1. The monoisotopic (exact) mass is 350 g/mol. The Morgan fingerprint density at radius 3 is 2.65 bits per heavy atom. The first-order valence-electron chi connectivity index (χ1n) is 9.34. The average molecular weight is 350 g/mol. The second kappa shape index (κ2) is 5.93. The van der Waals surface area contributed by atoms with Gasteiger partial charge < -0.3 is 9.88 Å². The number of fused-ring (bicyclic) bond motifs is 1. The SMILES string of the molecule is Cc1cnc2cc(C3CCN(C(=O)c4cc(C5CC5)[nH]n4)CC3)[nH]c2n1. The predicted octanol–water partition coefficient (Wildman–Crippen LogP) is 2.89. The zero-order valence-corrected chi connectivity index (χ0v) is 14.8. The molecule has 1 saturated heterocycles. The van der Waals surface area contributed by atoms with E-state index >= 15 is 0 Å². The van der Waals surface area contributed by atoms with Crippen molar-refractivity contribution in [3.05, 3.63) is 41.1 Å². The molecule has 7 nitrogen and oxygen atoms in total. The molecule has 0 aromatic carbocycles. The molecular weight excluding hydrogens is 328 g/mol. The van der Waals surface area contributed by atoms with Gasteiger partial charge in [0, 0.05) is 42.5 Å². The largest absolute Gasteiger partial charge is 0.342 e. The molecule has 2 aliphatic rings. The third kappa shape index (κ3) is 2.77. The van der Waals surface area contributed by atoms with Crippen molar-refractivity contribution in [1.29, 1.82) is 0 Å². The number of carbonyl (C=O) groups is 1. The standard InChI is InChI=1S/C19H22N6O/c1-11-10-20-16-8-14(22-18(16)21-11)13-4-6-25(7-5-13)19(26)17-9-15(23-24-17)12-2-3-12/h8-10,12-13H,2-7H2,1H3,(H,21,22)(H,23,24). The van der Waals surface area contributed by atoms with Crippen LogP contribution < -0.4 is 0 Å². The fraction of sp³-hybridized carbons (Fsp3) is 0.474. The van der Waals surface area contributed by atoms with Crippen LogP contribution in [0.2, 0.25) is 0 Å². The van der Waals surface area contributed by atoms with Crippen LogP contribution in [0.5, 0.6) is 0 Å². The molecule has 0 atom stereocenters. The number of hydrogen-bond donors (Lipinski definition) is 2. The first-order chi connectivity index (χ1) is 12.7. The fourth-order valence-electron chi connectivity index (χ4n) is 3.83. The van der Waals surface area contributed by atoms with Gasteiger partial charge in [-0.15, -0.1) is 0 Å². The molecule has 5 rings (SSSR count). The molecule has 0 radical (unpaired) electrons. The Balaban J connectivity index is 1.26. The van der Waals surface area contributed by atoms with Crippen molar-refractivity contribution in [2.24, 2.45) is 0 Å². The number of piperidine rings is 1. The second-order valence-electron chi connectivity index (χ2n) is 7.52. The highest BCUT2D eigenvalue weighted by molar-refractivity contribution is 5.92. The number of aryl methyl sites for hydroxylation is 1. The Hall–Kier alpha value is -2.70. The summed E-state index contributed by atoms with van der Waals surface area (Å²) in [5.41, 5.74) is 5.51. The lowest BCUT2D eigenvalue weighted by Crippen LogP contribution is -2.38. The van der Waals surface area contributed by atoms with Gasteiger partial charge in [-0.25, -0.2) is 4.98 Å². The number of aromatic amines is 2. The first-order valence-corrected chi connectivity index (χ1v) is 9.34. The van der Waals surface area contributed by atoms with Crippen LogP contribution in [-0.4, -0.2) is 49.0 Å². The molecule has 3 aromatic rings. The summed E-state index contributed by atoms with van der Waals surface area (Å²) in [6, 6.07) is 4.03. The predicted molar refractivity (Wildman–Crippen MR) is 97.1 cm³/mol. The maximum absolute atomic E-state index is 12.7. The molecule has 3 aromatic heterocycles. The highest BCUT2D eigenvalue weighted by Crippen LogP contribution is 2.39. The zero-order valence-electron chi connectivity index (χ0n) is 14.8. The van der Waals surface area contributed by atoms with E-state index in [9.17, 15) is 4.79 Å². The summed E-state index contributed by atoms with van der Waals surface area (Å²) in [6.45, 7) is 3.45. The fourth-order valence-corrected chi connectivity index (χ4v) is 3.83. The van der Waals surface area contributed by atoms with Crippen molar-refractivity contribution in [1.82, 2.24) is 30.0 Å². The lowest BCUT2D eigenvalue weighted by Gasteiger charge is -2.31. The lowest BCUT2D eigenvalue weighted by atomic mass is 9.93. The van der Waals surface area contributed by atoms with Crippen LogP contribution in [0.1, 0.15) is 65.1 Å². The van der Waals surface area contributed by atoms with Crippen molar-refractivity contribution in [2.75, 3.05) is 13.1 Å². The molecule has 0 unspecified atom stereocenters. The molecule has 1 aliphatic heterocycles. The first kappa shape index (κ1) is 15.5. The van der Waals surface area contributed by atoms with Crippen molar-refractivity contribution in [3.63, 3.8) is 0 Å². The number of H-pyrrole nitrogens is 2. The number of rotatable bonds is 3. The normalized spacial score (nSPS) is 18.6. The van der Waals surface area contributed by atoms with Gasteiger partial charge in [0.05, 0.1) is 5.69 Å². The van der Waals surface area contributed by atoms with Gasteiger partial charge in [0.2, 0.25) is 0 Å². The van der Waals surface area contributed by atoms with E-state index in [4.69, 9.17) is 0 Å². The van der Waals surface area contributed by atoms with E-state index in [-0.39, 0.29) is 5.91 Å². The third-order valence-corrected chi connectivity index (χ3v) is 5.53. The van der Waals surface area contributed by atoms with Crippen molar-refractivity contribution in [2.45, 2.75) is 44.4 Å². The summed E-state index contributed by atoms with van der Waals surface area (Å²) >= 11 is 0. The Morgan fingerprint density at radius 2 is 1.88 bits per heavy atom. The Kier molecular flexibility index (Phi) is 3.55. The van der Waals surface area contributed by atoms with Crippen LogP contribution in [-0.2, 0) is 0 Å². The number of nitrogens with one attached hydrogen (secondary N) is 2. The lowest BCUT2D eigenvalue weighted by molar-refractivity contribution is 0.0706. The third-order valence-electron chi connectivity index (χ3n) is 5.53. The highest BCUT2D eigenvalue weighted by atomic mass is 16.2. The molecule has 26 heavy (non-hydrogen) atoms. The smallest absolute Gasteiger partial charge is 0.274 e. The average Bonchev–Trinajstić information content (AvgIpc) is 3.24. The molecule has 2 N–H and O–H groups in total. The molecule has 1 amide bonds. The van der Waals surface area contributed by atoms with Crippen LogP contribution in [0.3, 0.4) is 0 Å². The zero-order chi connectivity index (χ0) is 17.7. The maximum atomic E-state index is 12.7. The van der Waals surface area contributed by atoms with E-state index in [0.29, 0.717) is 17.5 Å². The Labute approximate surface area is 151 Å². The van der Waals surface area contributed by atoms with Gasteiger partial charge in [-0.2, -0.15) is 5.10 Å². The Bertz CT molecular complexity index is 961. The van der Waals surface area contributed by atoms with Gasteiger partial charge in [-0.1, -0.05) is 0 Å². The summed E-state index contributed by atoms with van der Waals surface area (Å²) in [6.07, 6.45) is 6.08. The maximum Gasteiger partial charge on any atom is 0.274 e. The molecule has 7 heteroatoms. The number of aromatic nitrogens is 5. The van der Waals surface area contributed by atoms with Crippen molar-refractivity contribution in [3.8, 4) is 0 Å². The number of likely N-dealkylation sites (tertiary alicyclic amines) is 1.